The molecule has 3 aromatic rings. The lowest BCUT2D eigenvalue weighted by atomic mass is 9.87. The highest BCUT2D eigenvalue weighted by atomic mass is 16.7. The Hall–Kier alpha value is -4.14. The molecule has 0 aromatic heterocycles. The molecule has 1 N–H and O–H groups in total. The SMILES string of the molecule is CCOC(=O)c1c(C(=O)OCC)c(-c2ccc3c(c2)OCO3)c2c3c(ccc2c1O)OCO3. The number of esters is 2. The summed E-state index contributed by atoms with van der Waals surface area (Å²) in [5.41, 5.74) is 0.434. The summed E-state index contributed by atoms with van der Waals surface area (Å²) >= 11 is 0. The third kappa shape index (κ3) is 3.24. The maximum atomic E-state index is 13.2. The van der Waals surface area contributed by atoms with Gasteiger partial charge in [0.05, 0.1) is 18.8 Å². The van der Waals surface area contributed by atoms with Crippen LogP contribution in [0.15, 0.2) is 30.3 Å². The molecule has 2 aliphatic heterocycles. The zero-order valence-electron chi connectivity index (χ0n) is 17.9. The first-order valence-electron chi connectivity index (χ1n) is 10.4. The number of phenols is 1. The van der Waals surface area contributed by atoms with Crippen LogP contribution in [0.5, 0.6) is 28.7 Å². The van der Waals surface area contributed by atoms with Gasteiger partial charge in [-0.05, 0) is 43.7 Å². The van der Waals surface area contributed by atoms with Crippen molar-refractivity contribution in [2.24, 2.45) is 0 Å². The third-order valence-electron chi connectivity index (χ3n) is 5.40. The molecular formula is C24H20O9. The van der Waals surface area contributed by atoms with E-state index in [-0.39, 0.29) is 37.9 Å². The van der Waals surface area contributed by atoms with Gasteiger partial charge in [-0.1, -0.05) is 6.07 Å². The van der Waals surface area contributed by atoms with E-state index in [2.05, 4.69) is 0 Å². The predicted octanol–water partition coefficient (Wildman–Crippen LogP) is 4.02. The van der Waals surface area contributed by atoms with E-state index in [1.807, 2.05) is 0 Å². The van der Waals surface area contributed by atoms with Gasteiger partial charge < -0.3 is 33.5 Å². The highest BCUT2D eigenvalue weighted by Crippen LogP contribution is 2.51. The molecule has 5 rings (SSSR count). The van der Waals surface area contributed by atoms with Gasteiger partial charge >= 0.3 is 11.9 Å². The van der Waals surface area contributed by atoms with Crippen LogP contribution in [0.4, 0.5) is 0 Å². The lowest BCUT2D eigenvalue weighted by Gasteiger charge is -2.19. The molecule has 0 atom stereocenters. The van der Waals surface area contributed by atoms with Crippen molar-refractivity contribution in [1.29, 1.82) is 0 Å². The second-order valence-corrected chi connectivity index (χ2v) is 7.20. The number of fused-ring (bicyclic) bond motifs is 4. The fourth-order valence-corrected chi connectivity index (χ4v) is 4.07. The number of benzene rings is 3. The number of rotatable bonds is 5. The molecule has 170 valence electrons. The first kappa shape index (κ1) is 20.7. The largest absolute Gasteiger partial charge is 0.506 e. The number of phenolic OH excluding ortho intramolecular Hbond substituents is 1. The van der Waals surface area contributed by atoms with Crippen molar-refractivity contribution in [2.45, 2.75) is 13.8 Å². The molecule has 0 fully saturated rings. The summed E-state index contributed by atoms with van der Waals surface area (Å²) in [6.45, 7) is 3.45. The van der Waals surface area contributed by atoms with E-state index in [0.717, 1.165) is 0 Å². The van der Waals surface area contributed by atoms with Gasteiger partial charge in [0.25, 0.3) is 0 Å². The Morgan fingerprint density at radius 2 is 1.48 bits per heavy atom. The minimum atomic E-state index is -0.848. The maximum absolute atomic E-state index is 13.2. The second-order valence-electron chi connectivity index (χ2n) is 7.20. The molecular weight excluding hydrogens is 432 g/mol. The van der Waals surface area contributed by atoms with Crippen LogP contribution >= 0.6 is 0 Å². The minimum Gasteiger partial charge on any atom is -0.506 e. The van der Waals surface area contributed by atoms with Crippen molar-refractivity contribution in [1.82, 2.24) is 0 Å². The van der Waals surface area contributed by atoms with Gasteiger partial charge in [-0.15, -0.1) is 0 Å². The average Bonchev–Trinajstić information content (AvgIpc) is 3.47. The standard InChI is InChI=1S/C24H20O9/c1-3-28-23(26)19-17(12-5-7-14-16(9-12)32-10-30-14)18-13(6-8-15-22(18)33-11-31-15)21(25)20(19)24(27)29-4-2/h5-9,25H,3-4,10-11H2,1-2H3. The number of aromatic hydroxyl groups is 1. The van der Waals surface area contributed by atoms with Gasteiger partial charge in [-0.3, -0.25) is 0 Å². The topological polar surface area (TPSA) is 110 Å². The fraction of sp³-hybridized carbons (Fsp3) is 0.250. The minimum absolute atomic E-state index is 0.0237. The zero-order chi connectivity index (χ0) is 23.1. The van der Waals surface area contributed by atoms with Gasteiger partial charge in [0.1, 0.15) is 11.3 Å². The third-order valence-corrected chi connectivity index (χ3v) is 5.40. The average molecular weight is 452 g/mol. The Morgan fingerprint density at radius 1 is 0.848 bits per heavy atom. The van der Waals surface area contributed by atoms with Crippen molar-refractivity contribution in [3.05, 3.63) is 41.5 Å². The second kappa shape index (κ2) is 8.09. The molecule has 0 saturated carbocycles. The Bertz CT molecular complexity index is 1300. The van der Waals surface area contributed by atoms with E-state index in [9.17, 15) is 14.7 Å². The van der Waals surface area contributed by atoms with E-state index in [4.69, 9.17) is 28.4 Å². The summed E-state index contributed by atoms with van der Waals surface area (Å²) in [7, 11) is 0. The molecule has 0 spiro atoms. The van der Waals surface area contributed by atoms with E-state index in [0.29, 0.717) is 44.9 Å². The van der Waals surface area contributed by atoms with Crippen LogP contribution in [-0.2, 0) is 9.47 Å². The van der Waals surface area contributed by atoms with Crippen LogP contribution in [0.3, 0.4) is 0 Å². The Morgan fingerprint density at radius 3 is 2.24 bits per heavy atom. The molecule has 0 bridgehead atoms. The van der Waals surface area contributed by atoms with Crippen molar-refractivity contribution in [3.63, 3.8) is 0 Å². The van der Waals surface area contributed by atoms with Crippen molar-refractivity contribution in [2.75, 3.05) is 26.8 Å². The fourth-order valence-electron chi connectivity index (χ4n) is 4.07. The summed E-state index contributed by atoms with van der Waals surface area (Å²) in [6.07, 6.45) is 0. The van der Waals surface area contributed by atoms with Crippen molar-refractivity contribution in [3.8, 4) is 39.9 Å². The molecule has 2 aliphatic rings. The van der Waals surface area contributed by atoms with E-state index in [1.54, 1.807) is 44.2 Å². The van der Waals surface area contributed by atoms with Gasteiger partial charge in [0.2, 0.25) is 13.6 Å². The van der Waals surface area contributed by atoms with Crippen LogP contribution in [0.2, 0.25) is 0 Å². The normalized spacial score (nSPS) is 13.3. The molecule has 2 heterocycles. The summed E-state index contributed by atoms with van der Waals surface area (Å²) in [5, 5.41) is 11.8. The molecule has 33 heavy (non-hydrogen) atoms. The van der Waals surface area contributed by atoms with Crippen LogP contribution in [0.1, 0.15) is 34.6 Å². The summed E-state index contributed by atoms with van der Waals surface area (Å²) < 4.78 is 32.6. The van der Waals surface area contributed by atoms with Crippen LogP contribution in [0, 0.1) is 0 Å². The summed E-state index contributed by atoms with van der Waals surface area (Å²) in [6, 6.07) is 8.36. The van der Waals surface area contributed by atoms with E-state index in [1.165, 1.54) is 0 Å². The highest BCUT2D eigenvalue weighted by molar-refractivity contribution is 6.20. The Balaban J connectivity index is 1.93. The quantitative estimate of drug-likeness (QED) is 0.574. The summed E-state index contributed by atoms with van der Waals surface area (Å²) in [5.74, 6) is -0.226. The molecule has 0 amide bonds. The zero-order valence-corrected chi connectivity index (χ0v) is 17.9. The predicted molar refractivity (Wildman–Crippen MR) is 115 cm³/mol. The van der Waals surface area contributed by atoms with Crippen LogP contribution in [0.25, 0.3) is 21.9 Å². The van der Waals surface area contributed by atoms with E-state index >= 15 is 0 Å². The molecule has 0 aliphatic carbocycles. The molecule has 9 heteroatoms. The number of ether oxygens (including phenoxy) is 6. The van der Waals surface area contributed by atoms with Crippen molar-refractivity contribution >= 4 is 22.7 Å². The maximum Gasteiger partial charge on any atom is 0.342 e. The Labute approximate surface area is 188 Å². The number of carbonyl (C=O) groups excluding carboxylic acids is 2. The first-order valence-corrected chi connectivity index (χ1v) is 10.4. The van der Waals surface area contributed by atoms with Gasteiger partial charge in [-0.2, -0.15) is 0 Å². The number of carbonyl (C=O) groups is 2. The van der Waals surface area contributed by atoms with Gasteiger partial charge in [-0.25, -0.2) is 9.59 Å². The van der Waals surface area contributed by atoms with Crippen LogP contribution < -0.4 is 18.9 Å². The number of hydrogen-bond acceptors (Lipinski definition) is 9. The highest BCUT2D eigenvalue weighted by Gasteiger charge is 2.34. The molecule has 0 unspecified atom stereocenters. The van der Waals surface area contributed by atoms with Crippen LogP contribution in [-0.4, -0.2) is 43.8 Å². The molecule has 9 nitrogen and oxygen atoms in total. The number of hydrogen-bond donors (Lipinski definition) is 1. The first-order chi connectivity index (χ1) is 16.0. The van der Waals surface area contributed by atoms with Gasteiger partial charge in [0, 0.05) is 16.3 Å². The van der Waals surface area contributed by atoms with Crippen molar-refractivity contribution < 1.29 is 43.1 Å². The Kier molecular flexibility index (Phi) is 5.08. The monoisotopic (exact) mass is 452 g/mol. The van der Waals surface area contributed by atoms with E-state index < -0.39 is 17.7 Å². The smallest absolute Gasteiger partial charge is 0.342 e. The molecule has 3 aromatic carbocycles. The molecule has 0 radical (unpaired) electrons. The lowest BCUT2D eigenvalue weighted by Crippen LogP contribution is -2.16. The summed E-state index contributed by atoms with van der Waals surface area (Å²) in [4.78, 5) is 26.2. The lowest BCUT2D eigenvalue weighted by molar-refractivity contribution is 0.0477. The molecule has 0 saturated heterocycles. The van der Waals surface area contributed by atoms with Gasteiger partial charge in [0.15, 0.2) is 23.0 Å².